The molecule has 0 saturated heterocycles. The Balaban J connectivity index is 0.000000157. The molecular weight excluding hydrogens is 460 g/mol. The largest absolute Gasteiger partial charge is 0.289 e. The molecule has 0 spiro atoms. The number of alkyl halides is 1. The van der Waals surface area contributed by atoms with E-state index in [-0.39, 0.29) is 5.78 Å². The van der Waals surface area contributed by atoms with Gasteiger partial charge in [-0.05, 0) is 29.5 Å². The highest BCUT2D eigenvalue weighted by Crippen LogP contribution is 2.09. The second-order valence-electron chi connectivity index (χ2n) is 8.15. The van der Waals surface area contributed by atoms with Crippen molar-refractivity contribution in [2.24, 2.45) is 0 Å². The van der Waals surface area contributed by atoms with Crippen molar-refractivity contribution in [3.63, 3.8) is 0 Å². The molecule has 0 bridgehead atoms. The Morgan fingerprint density at radius 2 is 0.694 bits per heavy atom. The lowest BCUT2D eigenvalue weighted by atomic mass is 10.0. The van der Waals surface area contributed by atoms with Gasteiger partial charge in [-0.3, -0.25) is 4.79 Å². The molecule has 0 aliphatic heterocycles. The second kappa shape index (κ2) is 15.9. The summed E-state index contributed by atoms with van der Waals surface area (Å²) >= 11 is 5.53. The van der Waals surface area contributed by atoms with Crippen LogP contribution in [0.2, 0.25) is 0 Å². The molecule has 0 radical (unpaired) electrons. The van der Waals surface area contributed by atoms with Crippen LogP contribution in [0.15, 0.2) is 152 Å². The van der Waals surface area contributed by atoms with Crippen LogP contribution in [0.5, 0.6) is 0 Å². The zero-order chi connectivity index (χ0) is 25.3. The van der Waals surface area contributed by atoms with E-state index < -0.39 is 0 Å². The summed E-state index contributed by atoms with van der Waals surface area (Å²) in [5, 5.41) is 0. The summed E-state index contributed by atoms with van der Waals surface area (Å²) in [7, 11) is 0. The number of ketones is 1. The average molecular weight is 491 g/mol. The standard InChI is InChI=1S/C14H14.C13H10O.C7H7Cl/c1-3-7-13(8-4-1)11-12-14-9-5-2-6-10-14;14-13(11-7-3-1-4-8-11)12-9-5-2-6-10-12;8-6-7-4-2-1-3-5-7/h1-10H,11-12H2;1-10H;1-5H,6H2. The molecule has 0 aromatic heterocycles. The van der Waals surface area contributed by atoms with Gasteiger partial charge in [-0.2, -0.15) is 0 Å². The third kappa shape index (κ3) is 9.74. The van der Waals surface area contributed by atoms with Gasteiger partial charge in [-0.25, -0.2) is 0 Å². The van der Waals surface area contributed by atoms with Gasteiger partial charge in [-0.15, -0.1) is 11.6 Å². The molecule has 180 valence electrons. The van der Waals surface area contributed by atoms with Gasteiger partial charge < -0.3 is 0 Å². The minimum absolute atomic E-state index is 0.0752. The van der Waals surface area contributed by atoms with Crippen molar-refractivity contribution in [2.75, 3.05) is 0 Å². The fourth-order valence-electron chi connectivity index (χ4n) is 3.49. The molecule has 0 heterocycles. The first-order valence-electron chi connectivity index (χ1n) is 12.1. The van der Waals surface area contributed by atoms with E-state index in [4.69, 9.17) is 11.6 Å². The van der Waals surface area contributed by atoms with Gasteiger partial charge in [-0.1, -0.05) is 152 Å². The Bertz CT molecular complexity index is 1160. The fourth-order valence-corrected chi connectivity index (χ4v) is 3.67. The van der Waals surface area contributed by atoms with E-state index in [2.05, 4.69) is 60.7 Å². The summed E-state index contributed by atoms with van der Waals surface area (Å²) in [6.07, 6.45) is 2.26. The molecule has 2 heteroatoms. The Kier molecular flexibility index (Phi) is 11.7. The van der Waals surface area contributed by atoms with Crippen LogP contribution in [0.25, 0.3) is 0 Å². The fraction of sp³-hybridized carbons (Fsp3) is 0.0882. The Morgan fingerprint density at radius 3 is 0.972 bits per heavy atom. The highest BCUT2D eigenvalue weighted by Gasteiger charge is 2.06. The minimum Gasteiger partial charge on any atom is -0.289 e. The third-order valence-corrected chi connectivity index (χ3v) is 5.77. The van der Waals surface area contributed by atoms with Gasteiger partial charge in [0, 0.05) is 17.0 Å². The zero-order valence-electron chi connectivity index (χ0n) is 20.3. The monoisotopic (exact) mass is 490 g/mol. The van der Waals surface area contributed by atoms with Gasteiger partial charge in [0.2, 0.25) is 0 Å². The average Bonchev–Trinajstić information content (AvgIpc) is 2.99. The number of halogens is 1. The topological polar surface area (TPSA) is 17.1 Å². The molecule has 0 amide bonds. The first kappa shape index (κ1) is 26.7. The number of carbonyl (C=O) groups excluding carboxylic acids is 1. The van der Waals surface area contributed by atoms with Crippen molar-refractivity contribution in [1.82, 2.24) is 0 Å². The van der Waals surface area contributed by atoms with E-state index in [1.807, 2.05) is 91.0 Å². The second-order valence-corrected chi connectivity index (χ2v) is 8.42. The van der Waals surface area contributed by atoms with E-state index in [9.17, 15) is 4.79 Å². The van der Waals surface area contributed by atoms with E-state index in [0.717, 1.165) is 24.0 Å². The lowest BCUT2D eigenvalue weighted by molar-refractivity contribution is 0.103. The van der Waals surface area contributed by atoms with Crippen molar-refractivity contribution in [3.05, 3.63) is 179 Å². The van der Waals surface area contributed by atoms with E-state index in [1.54, 1.807) is 0 Å². The maximum Gasteiger partial charge on any atom is 0.193 e. The molecule has 0 N–H and O–H groups in total. The summed E-state index contributed by atoms with van der Waals surface area (Å²) in [6, 6.07) is 49.8. The van der Waals surface area contributed by atoms with E-state index >= 15 is 0 Å². The predicted octanol–water partition coefficient (Wildman–Crippen LogP) is 8.81. The van der Waals surface area contributed by atoms with Gasteiger partial charge in [0.25, 0.3) is 0 Å². The van der Waals surface area contributed by atoms with Gasteiger partial charge in [0.05, 0.1) is 0 Å². The summed E-state index contributed by atoms with van der Waals surface area (Å²) in [5.41, 5.74) is 5.47. The molecule has 5 aromatic carbocycles. The highest BCUT2D eigenvalue weighted by molar-refractivity contribution is 6.17. The van der Waals surface area contributed by atoms with Crippen LogP contribution in [0.4, 0.5) is 0 Å². The molecule has 0 saturated carbocycles. The Morgan fingerprint density at radius 1 is 0.417 bits per heavy atom. The summed E-state index contributed by atoms with van der Waals surface area (Å²) < 4.78 is 0. The van der Waals surface area contributed by atoms with Crippen molar-refractivity contribution >= 4 is 17.4 Å². The molecule has 0 fully saturated rings. The zero-order valence-corrected chi connectivity index (χ0v) is 21.1. The summed E-state index contributed by atoms with van der Waals surface area (Å²) in [6.45, 7) is 0. The van der Waals surface area contributed by atoms with Crippen molar-refractivity contribution < 1.29 is 4.79 Å². The number of hydrogen-bond donors (Lipinski definition) is 0. The molecule has 0 unspecified atom stereocenters. The number of carbonyl (C=O) groups is 1. The number of rotatable bonds is 6. The molecule has 0 aliphatic carbocycles. The van der Waals surface area contributed by atoms with E-state index in [0.29, 0.717) is 5.88 Å². The maximum absolute atomic E-state index is 11.8. The van der Waals surface area contributed by atoms with Crippen LogP contribution in [0.1, 0.15) is 32.6 Å². The normalized spacial score (nSPS) is 9.69. The Hall–Kier alpha value is -3.94. The van der Waals surface area contributed by atoms with Crippen LogP contribution in [0.3, 0.4) is 0 Å². The molecule has 5 aromatic rings. The minimum atomic E-state index is 0.0752. The lowest BCUT2D eigenvalue weighted by Gasteiger charge is -2.01. The SMILES string of the molecule is ClCc1ccccc1.O=C(c1ccccc1)c1ccccc1.c1ccc(CCc2ccccc2)cc1. The first-order chi connectivity index (χ1) is 17.8. The first-order valence-corrected chi connectivity index (χ1v) is 12.6. The Labute approximate surface area is 220 Å². The van der Waals surface area contributed by atoms with Crippen LogP contribution in [-0.2, 0) is 18.7 Å². The molecule has 0 atom stereocenters. The predicted molar refractivity (Wildman–Crippen MR) is 153 cm³/mol. The third-order valence-electron chi connectivity index (χ3n) is 5.46. The molecule has 0 aliphatic rings. The van der Waals surface area contributed by atoms with Crippen LogP contribution < -0.4 is 0 Å². The molecule has 36 heavy (non-hydrogen) atoms. The van der Waals surface area contributed by atoms with Crippen molar-refractivity contribution in [3.8, 4) is 0 Å². The summed E-state index contributed by atoms with van der Waals surface area (Å²) in [5.74, 6) is 0.687. The lowest BCUT2D eigenvalue weighted by Crippen LogP contribution is -1.99. The molecular formula is C34H31ClO. The quantitative estimate of drug-likeness (QED) is 0.171. The number of benzene rings is 5. The maximum atomic E-state index is 11.8. The van der Waals surface area contributed by atoms with E-state index in [1.165, 1.54) is 16.7 Å². The van der Waals surface area contributed by atoms with Crippen LogP contribution in [-0.4, -0.2) is 5.78 Å². The highest BCUT2D eigenvalue weighted by atomic mass is 35.5. The summed E-state index contributed by atoms with van der Waals surface area (Å²) in [4.78, 5) is 11.8. The van der Waals surface area contributed by atoms with Crippen LogP contribution in [0, 0.1) is 0 Å². The molecule has 5 rings (SSSR count). The van der Waals surface area contributed by atoms with Crippen LogP contribution >= 0.6 is 11.6 Å². The van der Waals surface area contributed by atoms with Crippen molar-refractivity contribution in [2.45, 2.75) is 18.7 Å². The van der Waals surface area contributed by atoms with Gasteiger partial charge >= 0.3 is 0 Å². The van der Waals surface area contributed by atoms with Gasteiger partial charge in [0.1, 0.15) is 0 Å². The smallest absolute Gasteiger partial charge is 0.193 e. The number of aryl methyl sites for hydroxylation is 2. The van der Waals surface area contributed by atoms with Gasteiger partial charge in [0.15, 0.2) is 5.78 Å². The number of hydrogen-bond acceptors (Lipinski definition) is 1. The molecule has 1 nitrogen and oxygen atoms in total. The van der Waals surface area contributed by atoms with Crippen molar-refractivity contribution in [1.29, 1.82) is 0 Å².